The van der Waals surface area contributed by atoms with Crippen molar-refractivity contribution in [1.82, 2.24) is 15.1 Å². The van der Waals surface area contributed by atoms with Gasteiger partial charge in [-0.05, 0) is 35.9 Å². The number of hydrogen-bond acceptors (Lipinski definition) is 5. The number of aromatic amines is 1. The fraction of sp³-hybridized carbons (Fsp3) is 0.250. The molecule has 9 heteroatoms. The molecule has 0 unspecified atom stereocenters. The Balaban J connectivity index is 1.48. The summed E-state index contributed by atoms with van der Waals surface area (Å²) in [6, 6.07) is 10.5. The number of anilines is 2. The number of H-pyrrole nitrogens is 1. The first-order chi connectivity index (χ1) is 14.0. The van der Waals surface area contributed by atoms with E-state index >= 15 is 0 Å². The van der Waals surface area contributed by atoms with Gasteiger partial charge >= 0.3 is 6.03 Å². The smallest absolute Gasteiger partial charge is 0.321 e. The third kappa shape index (κ3) is 4.08. The fourth-order valence-electron chi connectivity index (χ4n) is 2.98. The standard InChI is InChI=1S/C20H21N5O4/c1-25(2)20(27)21-13-4-5-15-14(11-13)19(24-23-15)22-18(26)10-12-3-6-16-17(9-12)29-8-7-28-16/h3-6,9,11H,7-8,10H2,1-2H3,(H,21,27)(H2,22,23,24,26). The number of nitrogens with zero attached hydrogens (tertiary/aromatic N) is 2. The van der Waals surface area contributed by atoms with Gasteiger partial charge in [-0.15, -0.1) is 0 Å². The number of amides is 3. The van der Waals surface area contributed by atoms with E-state index in [1.54, 1.807) is 38.4 Å². The second kappa shape index (κ2) is 7.70. The molecule has 0 atom stereocenters. The summed E-state index contributed by atoms with van der Waals surface area (Å²) in [5.74, 6) is 1.53. The van der Waals surface area contributed by atoms with Crippen LogP contribution in [0.2, 0.25) is 0 Å². The molecule has 0 spiro atoms. The Morgan fingerprint density at radius 1 is 1.07 bits per heavy atom. The van der Waals surface area contributed by atoms with E-state index in [1.165, 1.54) is 4.90 Å². The van der Waals surface area contributed by atoms with E-state index in [-0.39, 0.29) is 18.4 Å². The van der Waals surface area contributed by atoms with Crippen LogP contribution in [-0.2, 0) is 11.2 Å². The molecule has 0 saturated heterocycles. The van der Waals surface area contributed by atoms with Gasteiger partial charge in [-0.1, -0.05) is 6.07 Å². The van der Waals surface area contributed by atoms with Crippen LogP contribution in [0.3, 0.4) is 0 Å². The molecule has 2 heterocycles. The maximum Gasteiger partial charge on any atom is 0.321 e. The van der Waals surface area contributed by atoms with Crippen molar-refractivity contribution in [2.24, 2.45) is 0 Å². The van der Waals surface area contributed by atoms with Crippen LogP contribution in [-0.4, -0.2) is 54.3 Å². The number of fused-ring (bicyclic) bond motifs is 2. The number of ether oxygens (including phenoxy) is 2. The van der Waals surface area contributed by atoms with Gasteiger partial charge in [0.05, 0.1) is 11.9 Å². The predicted molar refractivity (Wildman–Crippen MR) is 109 cm³/mol. The van der Waals surface area contributed by atoms with Crippen molar-refractivity contribution in [2.45, 2.75) is 6.42 Å². The zero-order valence-electron chi connectivity index (χ0n) is 16.1. The van der Waals surface area contributed by atoms with Crippen molar-refractivity contribution >= 4 is 34.3 Å². The summed E-state index contributed by atoms with van der Waals surface area (Å²) in [5.41, 5.74) is 2.17. The Labute approximate surface area is 167 Å². The lowest BCUT2D eigenvalue weighted by atomic mass is 10.1. The van der Waals surface area contributed by atoms with Gasteiger partial charge in [-0.2, -0.15) is 5.10 Å². The van der Waals surface area contributed by atoms with Gasteiger partial charge in [0, 0.05) is 25.2 Å². The largest absolute Gasteiger partial charge is 0.486 e. The fourth-order valence-corrected chi connectivity index (χ4v) is 2.98. The van der Waals surface area contributed by atoms with Gasteiger partial charge < -0.3 is 25.0 Å². The highest BCUT2D eigenvalue weighted by molar-refractivity contribution is 6.02. The molecule has 1 aliphatic rings. The first kappa shape index (κ1) is 18.6. The van der Waals surface area contributed by atoms with Crippen molar-refractivity contribution in [3.05, 3.63) is 42.0 Å². The van der Waals surface area contributed by atoms with E-state index in [9.17, 15) is 9.59 Å². The van der Waals surface area contributed by atoms with Crippen LogP contribution in [0.4, 0.5) is 16.3 Å². The van der Waals surface area contributed by atoms with Crippen LogP contribution in [0.1, 0.15) is 5.56 Å². The van der Waals surface area contributed by atoms with Gasteiger partial charge in [0.1, 0.15) is 13.2 Å². The number of urea groups is 1. The Morgan fingerprint density at radius 3 is 2.66 bits per heavy atom. The molecular weight excluding hydrogens is 374 g/mol. The lowest BCUT2D eigenvalue weighted by Crippen LogP contribution is -2.27. The molecule has 3 aromatic rings. The quantitative estimate of drug-likeness (QED) is 0.629. The Hall–Kier alpha value is -3.75. The lowest BCUT2D eigenvalue weighted by molar-refractivity contribution is -0.115. The lowest BCUT2D eigenvalue weighted by Gasteiger charge is -2.18. The monoisotopic (exact) mass is 395 g/mol. The first-order valence-corrected chi connectivity index (χ1v) is 9.14. The van der Waals surface area contributed by atoms with Gasteiger partial charge in [-0.3, -0.25) is 9.89 Å². The summed E-state index contributed by atoms with van der Waals surface area (Å²) in [6.07, 6.45) is 0.169. The second-order valence-corrected chi connectivity index (χ2v) is 6.86. The van der Waals surface area contributed by atoms with Crippen LogP contribution < -0.4 is 20.1 Å². The van der Waals surface area contributed by atoms with Crippen molar-refractivity contribution in [1.29, 1.82) is 0 Å². The third-order valence-corrected chi connectivity index (χ3v) is 4.45. The maximum atomic E-state index is 12.5. The minimum Gasteiger partial charge on any atom is -0.486 e. The number of nitrogens with one attached hydrogen (secondary N) is 3. The summed E-state index contributed by atoms with van der Waals surface area (Å²) in [6.45, 7) is 1.02. The van der Waals surface area contributed by atoms with Crippen molar-refractivity contribution in [2.75, 3.05) is 37.9 Å². The molecule has 1 aliphatic heterocycles. The molecule has 0 saturated carbocycles. The minimum atomic E-state index is -0.239. The van der Waals surface area contributed by atoms with E-state index in [2.05, 4.69) is 20.8 Å². The molecule has 3 N–H and O–H groups in total. The van der Waals surface area contributed by atoms with Gasteiger partial charge in [0.15, 0.2) is 17.3 Å². The van der Waals surface area contributed by atoms with E-state index in [0.717, 1.165) is 11.1 Å². The van der Waals surface area contributed by atoms with Gasteiger partial charge in [0.2, 0.25) is 5.91 Å². The van der Waals surface area contributed by atoms with Crippen LogP contribution in [0.15, 0.2) is 36.4 Å². The molecule has 9 nitrogen and oxygen atoms in total. The number of carbonyl (C=O) groups excluding carboxylic acids is 2. The number of hydrogen-bond donors (Lipinski definition) is 3. The van der Waals surface area contributed by atoms with E-state index in [1.807, 2.05) is 12.1 Å². The molecule has 150 valence electrons. The highest BCUT2D eigenvalue weighted by atomic mass is 16.6. The van der Waals surface area contributed by atoms with Crippen LogP contribution >= 0.6 is 0 Å². The van der Waals surface area contributed by atoms with E-state index in [4.69, 9.17) is 9.47 Å². The summed E-state index contributed by atoms with van der Waals surface area (Å²) in [4.78, 5) is 25.8. The Kier molecular flexibility index (Phi) is 4.94. The Morgan fingerprint density at radius 2 is 1.86 bits per heavy atom. The summed E-state index contributed by atoms with van der Waals surface area (Å²) in [7, 11) is 3.32. The SMILES string of the molecule is CN(C)C(=O)Nc1ccc2[nH]nc(NC(=O)Cc3ccc4c(c3)OCCO4)c2c1. The van der Waals surface area contributed by atoms with Crippen LogP contribution in [0.25, 0.3) is 10.9 Å². The topological polar surface area (TPSA) is 109 Å². The van der Waals surface area contributed by atoms with E-state index < -0.39 is 0 Å². The molecular formula is C20H21N5O4. The molecule has 0 aliphatic carbocycles. The minimum absolute atomic E-state index is 0.169. The number of aromatic nitrogens is 2. The Bertz CT molecular complexity index is 1080. The molecule has 4 rings (SSSR count). The number of carbonyl (C=O) groups is 2. The molecule has 0 bridgehead atoms. The number of rotatable bonds is 4. The molecule has 0 fully saturated rings. The number of benzene rings is 2. The average molecular weight is 395 g/mol. The van der Waals surface area contributed by atoms with Crippen molar-refractivity contribution in [3.63, 3.8) is 0 Å². The zero-order valence-corrected chi connectivity index (χ0v) is 16.1. The predicted octanol–water partition coefficient (Wildman–Crippen LogP) is 2.61. The molecule has 2 aromatic carbocycles. The van der Waals surface area contributed by atoms with Crippen LogP contribution in [0.5, 0.6) is 11.5 Å². The second-order valence-electron chi connectivity index (χ2n) is 6.86. The molecule has 29 heavy (non-hydrogen) atoms. The third-order valence-electron chi connectivity index (χ3n) is 4.45. The van der Waals surface area contributed by atoms with Crippen molar-refractivity contribution < 1.29 is 19.1 Å². The maximum absolute atomic E-state index is 12.5. The van der Waals surface area contributed by atoms with E-state index in [0.29, 0.717) is 41.6 Å². The first-order valence-electron chi connectivity index (χ1n) is 9.14. The van der Waals surface area contributed by atoms with Gasteiger partial charge in [-0.25, -0.2) is 4.79 Å². The molecule has 0 radical (unpaired) electrons. The summed E-state index contributed by atoms with van der Waals surface area (Å²) >= 11 is 0. The van der Waals surface area contributed by atoms with Gasteiger partial charge in [0.25, 0.3) is 0 Å². The summed E-state index contributed by atoms with van der Waals surface area (Å²) in [5, 5.41) is 13.4. The highest BCUT2D eigenvalue weighted by Crippen LogP contribution is 2.31. The highest BCUT2D eigenvalue weighted by Gasteiger charge is 2.15. The van der Waals surface area contributed by atoms with Crippen LogP contribution in [0, 0.1) is 0 Å². The summed E-state index contributed by atoms with van der Waals surface area (Å²) < 4.78 is 11.1. The normalized spacial score (nSPS) is 12.5. The van der Waals surface area contributed by atoms with Crippen molar-refractivity contribution in [3.8, 4) is 11.5 Å². The average Bonchev–Trinajstić information content (AvgIpc) is 3.09. The zero-order chi connectivity index (χ0) is 20.4. The molecule has 1 aromatic heterocycles. The molecule has 3 amide bonds.